The quantitative estimate of drug-likeness (QED) is 0.672. The predicted octanol–water partition coefficient (Wildman–Crippen LogP) is 5.42. The summed E-state index contributed by atoms with van der Waals surface area (Å²) >= 11 is 13.8. The van der Waals surface area contributed by atoms with Crippen LogP contribution in [0.5, 0.6) is 0 Å². The molecule has 0 aliphatic heterocycles. The molecule has 1 aromatic carbocycles. The molecule has 0 bridgehead atoms. The van der Waals surface area contributed by atoms with E-state index >= 15 is 0 Å². The third kappa shape index (κ3) is 2.41. The van der Waals surface area contributed by atoms with E-state index in [1.54, 1.807) is 17.4 Å². The van der Waals surface area contributed by atoms with Gasteiger partial charge in [-0.3, -0.25) is 0 Å². The maximum atomic E-state index is 6.23. The van der Waals surface area contributed by atoms with Crippen LogP contribution >= 0.6 is 34.5 Å². The third-order valence-electron chi connectivity index (χ3n) is 2.83. The maximum Gasteiger partial charge on any atom is 0.148 e. The van der Waals surface area contributed by atoms with Crippen molar-refractivity contribution in [2.24, 2.45) is 0 Å². The zero-order chi connectivity index (χ0) is 13.4. The predicted molar refractivity (Wildman–Crippen MR) is 82.1 cm³/mol. The first-order valence-electron chi connectivity index (χ1n) is 5.71. The molecular weight excluding hydrogens is 299 g/mol. The molecule has 5 heteroatoms. The lowest BCUT2D eigenvalue weighted by molar-refractivity contribution is 1.26. The van der Waals surface area contributed by atoms with Crippen LogP contribution in [-0.4, -0.2) is 9.97 Å². The van der Waals surface area contributed by atoms with Crippen molar-refractivity contribution in [2.45, 2.75) is 6.92 Å². The second-order valence-electron chi connectivity index (χ2n) is 4.16. The van der Waals surface area contributed by atoms with E-state index in [0.29, 0.717) is 10.0 Å². The number of H-pyrrole nitrogens is 1. The van der Waals surface area contributed by atoms with Gasteiger partial charge in [0.1, 0.15) is 5.82 Å². The van der Waals surface area contributed by atoms with Crippen LogP contribution in [0.1, 0.15) is 5.69 Å². The van der Waals surface area contributed by atoms with Crippen molar-refractivity contribution >= 4 is 34.5 Å². The summed E-state index contributed by atoms with van der Waals surface area (Å²) in [6.07, 6.45) is 0. The summed E-state index contributed by atoms with van der Waals surface area (Å²) in [5.74, 6) is 0.869. The summed E-state index contributed by atoms with van der Waals surface area (Å²) in [5, 5.41) is 3.27. The number of hydrogen-bond acceptors (Lipinski definition) is 2. The van der Waals surface area contributed by atoms with Crippen LogP contribution in [-0.2, 0) is 0 Å². The van der Waals surface area contributed by atoms with Gasteiger partial charge in [-0.2, -0.15) is 0 Å². The Balaban J connectivity index is 2.11. The molecule has 0 radical (unpaired) electrons. The van der Waals surface area contributed by atoms with Gasteiger partial charge in [0, 0.05) is 16.3 Å². The molecule has 2 heterocycles. The Kier molecular flexibility index (Phi) is 3.35. The zero-order valence-electron chi connectivity index (χ0n) is 10.1. The molecular formula is C14H10Cl2N2S. The van der Waals surface area contributed by atoms with Gasteiger partial charge in [0.25, 0.3) is 0 Å². The summed E-state index contributed by atoms with van der Waals surface area (Å²) in [7, 11) is 0. The number of aromatic nitrogens is 2. The summed E-state index contributed by atoms with van der Waals surface area (Å²) in [6, 6.07) is 9.49. The highest BCUT2D eigenvalue weighted by Crippen LogP contribution is 2.33. The molecule has 0 unspecified atom stereocenters. The minimum absolute atomic E-state index is 0.611. The van der Waals surface area contributed by atoms with E-state index < -0.39 is 0 Å². The van der Waals surface area contributed by atoms with E-state index in [0.717, 1.165) is 27.7 Å². The number of rotatable bonds is 2. The Morgan fingerprint density at radius 2 is 2.05 bits per heavy atom. The monoisotopic (exact) mass is 308 g/mol. The molecule has 0 atom stereocenters. The van der Waals surface area contributed by atoms with Gasteiger partial charge in [0.2, 0.25) is 0 Å². The lowest BCUT2D eigenvalue weighted by Crippen LogP contribution is -1.83. The Hall–Kier alpha value is -1.29. The standard InChI is InChI=1S/C14H10Cl2N2S/c1-8-13(10-5-4-9(15)7-11(10)16)18-14(17-8)12-3-2-6-19-12/h2-7H,1H3,(H,17,18). The van der Waals surface area contributed by atoms with E-state index in [1.807, 2.05) is 36.6 Å². The number of halogens is 2. The minimum atomic E-state index is 0.611. The number of hydrogen-bond donors (Lipinski definition) is 1. The summed E-state index contributed by atoms with van der Waals surface area (Å²) in [5.41, 5.74) is 2.75. The van der Waals surface area contributed by atoms with Crippen molar-refractivity contribution in [3.63, 3.8) is 0 Å². The molecule has 96 valence electrons. The highest BCUT2D eigenvalue weighted by molar-refractivity contribution is 7.13. The first-order valence-corrected chi connectivity index (χ1v) is 7.34. The average molecular weight is 309 g/mol. The van der Waals surface area contributed by atoms with Gasteiger partial charge in [0.15, 0.2) is 0 Å². The van der Waals surface area contributed by atoms with Gasteiger partial charge in [-0.1, -0.05) is 29.3 Å². The van der Waals surface area contributed by atoms with Crippen molar-refractivity contribution < 1.29 is 0 Å². The second-order valence-corrected chi connectivity index (χ2v) is 5.95. The summed E-state index contributed by atoms with van der Waals surface area (Å²) in [6.45, 7) is 1.99. The van der Waals surface area contributed by atoms with Crippen LogP contribution < -0.4 is 0 Å². The van der Waals surface area contributed by atoms with Crippen LogP contribution in [0.15, 0.2) is 35.7 Å². The number of imidazole rings is 1. The molecule has 0 spiro atoms. The van der Waals surface area contributed by atoms with Crippen molar-refractivity contribution in [3.8, 4) is 22.0 Å². The Morgan fingerprint density at radius 1 is 1.21 bits per heavy atom. The molecule has 0 saturated heterocycles. The largest absolute Gasteiger partial charge is 0.341 e. The molecule has 0 aliphatic rings. The van der Waals surface area contributed by atoms with E-state index in [9.17, 15) is 0 Å². The van der Waals surface area contributed by atoms with Gasteiger partial charge in [-0.15, -0.1) is 11.3 Å². The zero-order valence-corrected chi connectivity index (χ0v) is 12.4. The normalized spacial score (nSPS) is 10.9. The van der Waals surface area contributed by atoms with Crippen LogP contribution in [0.25, 0.3) is 22.0 Å². The molecule has 1 N–H and O–H groups in total. The molecule has 0 saturated carbocycles. The lowest BCUT2D eigenvalue weighted by Gasteiger charge is -2.02. The fourth-order valence-corrected chi connectivity index (χ4v) is 3.10. The average Bonchev–Trinajstić information content (AvgIpc) is 2.98. The van der Waals surface area contributed by atoms with Crippen molar-refractivity contribution in [2.75, 3.05) is 0 Å². The highest BCUT2D eigenvalue weighted by Gasteiger charge is 2.13. The smallest absolute Gasteiger partial charge is 0.148 e. The van der Waals surface area contributed by atoms with E-state index in [4.69, 9.17) is 23.2 Å². The van der Waals surface area contributed by atoms with Gasteiger partial charge in [0.05, 0.1) is 15.6 Å². The molecule has 3 aromatic rings. The fourth-order valence-electron chi connectivity index (χ4n) is 1.93. The molecule has 0 aliphatic carbocycles. The van der Waals surface area contributed by atoms with E-state index in [2.05, 4.69) is 9.97 Å². The topological polar surface area (TPSA) is 28.7 Å². The van der Waals surface area contributed by atoms with Crippen LogP contribution in [0, 0.1) is 6.92 Å². The highest BCUT2D eigenvalue weighted by atomic mass is 35.5. The fraction of sp³-hybridized carbons (Fsp3) is 0.0714. The number of aromatic amines is 1. The van der Waals surface area contributed by atoms with Gasteiger partial charge in [-0.05, 0) is 36.6 Å². The van der Waals surface area contributed by atoms with Gasteiger partial charge >= 0.3 is 0 Å². The molecule has 0 amide bonds. The number of nitrogens with one attached hydrogen (secondary N) is 1. The number of nitrogens with zero attached hydrogens (tertiary/aromatic N) is 1. The van der Waals surface area contributed by atoms with Gasteiger partial charge < -0.3 is 4.98 Å². The Bertz CT molecular complexity index is 717. The summed E-state index contributed by atoms with van der Waals surface area (Å²) < 4.78 is 0. The Labute approximate surface area is 125 Å². The number of aryl methyl sites for hydroxylation is 1. The van der Waals surface area contributed by atoms with Crippen LogP contribution in [0.4, 0.5) is 0 Å². The molecule has 19 heavy (non-hydrogen) atoms. The number of thiophene rings is 1. The number of benzene rings is 1. The SMILES string of the molecule is Cc1[nH]c(-c2cccs2)nc1-c1ccc(Cl)cc1Cl. The first kappa shape index (κ1) is 12.7. The first-order chi connectivity index (χ1) is 9.15. The molecule has 3 rings (SSSR count). The maximum absolute atomic E-state index is 6.23. The molecule has 2 nitrogen and oxygen atoms in total. The van der Waals surface area contributed by atoms with Crippen molar-refractivity contribution in [1.82, 2.24) is 9.97 Å². The lowest BCUT2D eigenvalue weighted by atomic mass is 10.1. The third-order valence-corrected chi connectivity index (χ3v) is 4.25. The van der Waals surface area contributed by atoms with Crippen LogP contribution in [0.2, 0.25) is 10.0 Å². The van der Waals surface area contributed by atoms with Gasteiger partial charge in [-0.25, -0.2) is 4.98 Å². The molecule has 2 aromatic heterocycles. The van der Waals surface area contributed by atoms with Crippen molar-refractivity contribution in [1.29, 1.82) is 0 Å². The van der Waals surface area contributed by atoms with Crippen molar-refractivity contribution in [3.05, 3.63) is 51.5 Å². The Morgan fingerprint density at radius 3 is 2.74 bits per heavy atom. The molecule has 0 fully saturated rings. The second kappa shape index (κ2) is 5.00. The van der Waals surface area contributed by atoms with E-state index in [1.165, 1.54) is 0 Å². The van der Waals surface area contributed by atoms with Crippen LogP contribution in [0.3, 0.4) is 0 Å². The summed E-state index contributed by atoms with van der Waals surface area (Å²) in [4.78, 5) is 9.05. The minimum Gasteiger partial charge on any atom is -0.341 e. The van der Waals surface area contributed by atoms with E-state index in [-0.39, 0.29) is 0 Å².